The van der Waals surface area contributed by atoms with Crippen LogP contribution in [0.2, 0.25) is 0 Å². The standard InChI is InChI=1S/C25H22N4O6S/c1-16-8-14-20(15-9-16)36(34,35)27-22(17-10-12-19(13-11-17)29(32)33)21-23(25(31)28(2)24(21)30)26-18-6-4-3-5-7-18/h3-15,22,26-27H,1-2H3. The summed E-state index contributed by atoms with van der Waals surface area (Å²) in [5.74, 6) is -1.34. The number of aryl methyl sites for hydroxylation is 1. The first-order valence-electron chi connectivity index (χ1n) is 10.8. The van der Waals surface area contributed by atoms with Gasteiger partial charge in [-0.05, 0) is 36.8 Å². The molecule has 0 radical (unpaired) electrons. The fourth-order valence-corrected chi connectivity index (χ4v) is 4.93. The average Bonchev–Trinajstić information content (AvgIpc) is 3.07. The van der Waals surface area contributed by atoms with Crippen LogP contribution in [-0.2, 0) is 19.6 Å². The first-order chi connectivity index (χ1) is 17.1. The van der Waals surface area contributed by atoms with Gasteiger partial charge in [0.2, 0.25) is 10.0 Å². The van der Waals surface area contributed by atoms with Crippen LogP contribution in [0.15, 0.2) is 95.0 Å². The Balaban J connectivity index is 1.86. The number of non-ortho nitro benzene ring substituents is 1. The van der Waals surface area contributed by atoms with E-state index in [-0.39, 0.29) is 27.4 Å². The van der Waals surface area contributed by atoms with Gasteiger partial charge in [0, 0.05) is 24.9 Å². The van der Waals surface area contributed by atoms with Gasteiger partial charge in [0.1, 0.15) is 5.70 Å². The molecule has 1 heterocycles. The Morgan fingerprint density at radius 2 is 1.50 bits per heavy atom. The topological polar surface area (TPSA) is 139 Å². The van der Waals surface area contributed by atoms with Gasteiger partial charge in [-0.2, -0.15) is 4.72 Å². The minimum atomic E-state index is -4.17. The number of nitrogens with one attached hydrogen (secondary N) is 2. The van der Waals surface area contributed by atoms with Crippen LogP contribution in [0.1, 0.15) is 17.2 Å². The van der Waals surface area contributed by atoms with Gasteiger partial charge in [0.25, 0.3) is 17.5 Å². The second-order valence-corrected chi connectivity index (χ2v) is 9.88. The number of amides is 2. The zero-order valence-electron chi connectivity index (χ0n) is 19.3. The molecule has 1 atom stereocenters. The number of rotatable bonds is 8. The van der Waals surface area contributed by atoms with Crippen LogP contribution in [0.3, 0.4) is 0 Å². The molecule has 0 saturated carbocycles. The molecule has 2 N–H and O–H groups in total. The molecule has 0 aromatic heterocycles. The van der Waals surface area contributed by atoms with Crippen molar-refractivity contribution in [2.45, 2.75) is 17.9 Å². The first kappa shape index (κ1) is 24.8. The van der Waals surface area contributed by atoms with Gasteiger partial charge in [-0.25, -0.2) is 8.42 Å². The largest absolute Gasteiger partial charge is 0.351 e. The Labute approximate surface area is 207 Å². The highest BCUT2D eigenvalue weighted by molar-refractivity contribution is 7.89. The highest BCUT2D eigenvalue weighted by Gasteiger charge is 2.42. The number of para-hydroxylation sites is 1. The number of likely N-dealkylation sites (N-methyl/N-ethyl adjacent to an activating group) is 1. The second-order valence-electron chi connectivity index (χ2n) is 8.17. The van der Waals surface area contributed by atoms with E-state index in [0.29, 0.717) is 5.69 Å². The maximum absolute atomic E-state index is 13.3. The van der Waals surface area contributed by atoms with Crippen molar-refractivity contribution in [3.05, 3.63) is 111 Å². The van der Waals surface area contributed by atoms with Gasteiger partial charge in [-0.3, -0.25) is 24.6 Å². The van der Waals surface area contributed by atoms with Gasteiger partial charge in [0.05, 0.1) is 21.4 Å². The van der Waals surface area contributed by atoms with Crippen LogP contribution in [-0.4, -0.2) is 37.1 Å². The minimum absolute atomic E-state index is 0.0386. The van der Waals surface area contributed by atoms with Crippen LogP contribution in [0.5, 0.6) is 0 Å². The van der Waals surface area contributed by atoms with Gasteiger partial charge in [-0.1, -0.05) is 48.0 Å². The Bertz CT molecular complexity index is 1470. The number of nitro benzene ring substituents is 1. The molecule has 4 rings (SSSR count). The summed E-state index contributed by atoms with van der Waals surface area (Å²) in [4.78, 5) is 37.6. The summed E-state index contributed by atoms with van der Waals surface area (Å²) >= 11 is 0. The van der Waals surface area contributed by atoms with E-state index < -0.39 is 32.8 Å². The molecule has 3 aromatic carbocycles. The molecule has 1 aliphatic heterocycles. The smallest absolute Gasteiger partial charge is 0.277 e. The molecule has 3 aromatic rings. The predicted octanol–water partition coefficient (Wildman–Crippen LogP) is 3.29. The number of hydrogen-bond donors (Lipinski definition) is 2. The van der Waals surface area contributed by atoms with E-state index in [1.165, 1.54) is 43.4 Å². The lowest BCUT2D eigenvalue weighted by Gasteiger charge is -2.21. The van der Waals surface area contributed by atoms with E-state index in [0.717, 1.165) is 10.5 Å². The summed E-state index contributed by atoms with van der Waals surface area (Å²) in [6, 6.07) is 18.6. The molecule has 1 aliphatic rings. The maximum Gasteiger partial charge on any atom is 0.277 e. The van der Waals surface area contributed by atoms with Crippen LogP contribution in [0.25, 0.3) is 0 Å². The number of benzene rings is 3. The van der Waals surface area contributed by atoms with E-state index in [4.69, 9.17) is 0 Å². The van der Waals surface area contributed by atoms with E-state index in [1.807, 2.05) is 6.92 Å². The molecule has 0 bridgehead atoms. The summed E-state index contributed by atoms with van der Waals surface area (Å²) < 4.78 is 29.2. The normalized spacial score (nSPS) is 14.8. The summed E-state index contributed by atoms with van der Waals surface area (Å²) in [5.41, 5.74) is 1.19. The lowest BCUT2D eigenvalue weighted by Crippen LogP contribution is -2.34. The minimum Gasteiger partial charge on any atom is -0.351 e. The SMILES string of the molecule is Cc1ccc(S(=O)(=O)NC(C2=C(Nc3ccccc3)C(=O)N(C)C2=O)c2ccc([N+](=O)[O-])cc2)cc1. The predicted molar refractivity (Wildman–Crippen MR) is 132 cm³/mol. The third kappa shape index (κ3) is 4.88. The zero-order chi connectivity index (χ0) is 26.0. The first-order valence-corrected chi connectivity index (χ1v) is 12.3. The molecule has 36 heavy (non-hydrogen) atoms. The quantitative estimate of drug-likeness (QED) is 0.272. The summed E-state index contributed by atoms with van der Waals surface area (Å²) in [5, 5.41) is 14.1. The number of nitro groups is 1. The summed E-state index contributed by atoms with van der Waals surface area (Å²) in [7, 11) is -2.87. The van der Waals surface area contributed by atoms with Crippen LogP contribution in [0.4, 0.5) is 11.4 Å². The number of carbonyl (C=O) groups excluding carboxylic acids is 2. The highest BCUT2D eigenvalue weighted by atomic mass is 32.2. The maximum atomic E-state index is 13.3. The van der Waals surface area contributed by atoms with Crippen molar-refractivity contribution in [3.63, 3.8) is 0 Å². The second kappa shape index (κ2) is 9.72. The molecule has 0 aliphatic carbocycles. The van der Waals surface area contributed by atoms with Crippen molar-refractivity contribution >= 4 is 33.2 Å². The van der Waals surface area contributed by atoms with Gasteiger partial charge >= 0.3 is 0 Å². The third-order valence-corrected chi connectivity index (χ3v) is 7.13. The fourth-order valence-electron chi connectivity index (χ4n) is 3.74. The molecule has 10 nitrogen and oxygen atoms in total. The fraction of sp³-hybridized carbons (Fsp3) is 0.120. The van der Waals surface area contributed by atoms with Gasteiger partial charge < -0.3 is 5.32 Å². The van der Waals surface area contributed by atoms with Crippen LogP contribution in [0, 0.1) is 17.0 Å². The van der Waals surface area contributed by atoms with E-state index in [9.17, 15) is 28.1 Å². The van der Waals surface area contributed by atoms with Crippen molar-refractivity contribution in [1.82, 2.24) is 9.62 Å². The molecule has 0 saturated heterocycles. The van der Waals surface area contributed by atoms with Crippen molar-refractivity contribution in [1.29, 1.82) is 0 Å². The molecular weight excluding hydrogens is 484 g/mol. The number of sulfonamides is 1. The van der Waals surface area contributed by atoms with Crippen molar-refractivity contribution < 1.29 is 22.9 Å². The lowest BCUT2D eigenvalue weighted by molar-refractivity contribution is -0.384. The number of imide groups is 1. The van der Waals surface area contributed by atoms with E-state index >= 15 is 0 Å². The molecule has 11 heteroatoms. The van der Waals surface area contributed by atoms with Crippen molar-refractivity contribution in [2.75, 3.05) is 12.4 Å². The monoisotopic (exact) mass is 506 g/mol. The van der Waals surface area contributed by atoms with E-state index in [1.54, 1.807) is 42.5 Å². The summed E-state index contributed by atoms with van der Waals surface area (Å²) in [6.45, 7) is 1.81. The highest BCUT2D eigenvalue weighted by Crippen LogP contribution is 2.34. The van der Waals surface area contributed by atoms with Gasteiger partial charge in [-0.15, -0.1) is 0 Å². The number of carbonyl (C=O) groups is 2. The third-order valence-electron chi connectivity index (χ3n) is 5.70. The average molecular weight is 507 g/mol. The number of nitrogens with zero attached hydrogens (tertiary/aromatic N) is 2. The van der Waals surface area contributed by atoms with Crippen molar-refractivity contribution in [3.8, 4) is 0 Å². The lowest BCUT2D eigenvalue weighted by atomic mass is 9.98. The molecule has 184 valence electrons. The van der Waals surface area contributed by atoms with Crippen LogP contribution >= 0.6 is 0 Å². The molecule has 0 fully saturated rings. The molecule has 0 spiro atoms. The zero-order valence-corrected chi connectivity index (χ0v) is 20.2. The van der Waals surface area contributed by atoms with E-state index in [2.05, 4.69) is 10.0 Å². The van der Waals surface area contributed by atoms with Crippen molar-refractivity contribution in [2.24, 2.45) is 0 Å². The Kier molecular flexibility index (Phi) is 6.69. The Hall–Kier alpha value is -4.35. The number of anilines is 1. The summed E-state index contributed by atoms with van der Waals surface area (Å²) in [6.07, 6.45) is 0. The molecular formula is C25H22N4O6S. The van der Waals surface area contributed by atoms with Gasteiger partial charge in [0.15, 0.2) is 0 Å². The van der Waals surface area contributed by atoms with Crippen LogP contribution < -0.4 is 10.0 Å². The molecule has 1 unspecified atom stereocenters. The Morgan fingerprint density at radius 3 is 2.08 bits per heavy atom. The molecule has 2 amide bonds. The number of hydrogen-bond acceptors (Lipinski definition) is 7. The Morgan fingerprint density at radius 1 is 0.889 bits per heavy atom.